The zero-order chi connectivity index (χ0) is 13.1. The van der Waals surface area contributed by atoms with E-state index >= 15 is 0 Å². The highest BCUT2D eigenvalue weighted by Crippen LogP contribution is 2.20. The Balaban J connectivity index is 2.30. The van der Waals surface area contributed by atoms with E-state index in [4.69, 9.17) is 28.4 Å². The normalized spacial score (nSPS) is 19.6. The average Bonchev–Trinajstić information content (AvgIpc) is 2.39. The number of nitrogens with two attached hydrogens (primary N) is 2. The van der Waals surface area contributed by atoms with Crippen molar-refractivity contribution >= 4 is 28.8 Å². The van der Waals surface area contributed by atoms with Crippen LogP contribution in [0, 0.1) is 0 Å². The molecule has 18 heavy (non-hydrogen) atoms. The zero-order valence-electron chi connectivity index (χ0n) is 9.70. The molecule has 1 amide bonds. The Morgan fingerprint density at radius 3 is 3.00 bits per heavy atom. The third kappa shape index (κ3) is 2.57. The second kappa shape index (κ2) is 5.28. The number of hydrogen-bond acceptors (Lipinski definition) is 5. The maximum atomic E-state index is 11.4. The Kier molecular flexibility index (Phi) is 3.73. The van der Waals surface area contributed by atoms with E-state index in [2.05, 4.69) is 4.98 Å². The maximum Gasteiger partial charge on any atom is 0.242 e. The quantitative estimate of drug-likeness (QED) is 0.710. The van der Waals surface area contributed by atoms with Crippen LogP contribution in [0.15, 0.2) is 18.3 Å². The Hall–Kier alpha value is -1.73. The van der Waals surface area contributed by atoms with Gasteiger partial charge in [0.15, 0.2) is 0 Å². The number of primary amides is 1. The Labute approximate surface area is 110 Å². The van der Waals surface area contributed by atoms with Crippen molar-refractivity contribution in [2.75, 3.05) is 24.7 Å². The first kappa shape index (κ1) is 12.7. The van der Waals surface area contributed by atoms with E-state index in [1.165, 1.54) is 0 Å². The minimum atomic E-state index is -0.472. The molecule has 1 aliphatic heterocycles. The molecular formula is C11H14N4O2S. The molecule has 0 radical (unpaired) electrons. The molecular weight excluding hydrogens is 252 g/mol. The van der Waals surface area contributed by atoms with Crippen molar-refractivity contribution in [3.05, 3.63) is 24.0 Å². The third-order valence-electron chi connectivity index (χ3n) is 2.78. The van der Waals surface area contributed by atoms with Gasteiger partial charge in [0, 0.05) is 18.4 Å². The van der Waals surface area contributed by atoms with Crippen molar-refractivity contribution in [2.24, 2.45) is 11.5 Å². The van der Waals surface area contributed by atoms with E-state index in [9.17, 15) is 4.79 Å². The molecule has 1 aromatic rings. The van der Waals surface area contributed by atoms with Gasteiger partial charge in [-0.15, -0.1) is 0 Å². The second-order valence-corrected chi connectivity index (χ2v) is 4.39. The van der Waals surface area contributed by atoms with Crippen molar-refractivity contribution < 1.29 is 9.53 Å². The number of anilines is 1. The van der Waals surface area contributed by atoms with Gasteiger partial charge >= 0.3 is 0 Å². The summed E-state index contributed by atoms with van der Waals surface area (Å²) in [5.74, 6) is -0.414. The van der Waals surface area contributed by atoms with E-state index in [-0.39, 0.29) is 4.99 Å². The molecule has 2 heterocycles. The van der Waals surface area contributed by atoms with Gasteiger partial charge < -0.3 is 21.1 Å². The van der Waals surface area contributed by atoms with E-state index in [1.807, 2.05) is 4.90 Å². The molecule has 1 unspecified atom stereocenters. The Bertz CT molecular complexity index is 480. The molecule has 0 spiro atoms. The lowest BCUT2D eigenvalue weighted by Gasteiger charge is -2.35. The zero-order valence-corrected chi connectivity index (χ0v) is 10.5. The van der Waals surface area contributed by atoms with E-state index < -0.39 is 11.9 Å². The van der Waals surface area contributed by atoms with Gasteiger partial charge in [0.05, 0.1) is 18.9 Å². The molecule has 1 fully saturated rings. The summed E-state index contributed by atoms with van der Waals surface area (Å²) in [5, 5.41) is 0. The van der Waals surface area contributed by atoms with Gasteiger partial charge in [-0.3, -0.25) is 9.78 Å². The molecule has 0 aliphatic carbocycles. The monoisotopic (exact) mass is 266 g/mol. The minimum Gasteiger partial charge on any atom is -0.388 e. The number of thiocarbonyl (C=S) groups is 1. The van der Waals surface area contributed by atoms with Crippen molar-refractivity contribution in [2.45, 2.75) is 6.04 Å². The van der Waals surface area contributed by atoms with E-state index in [1.54, 1.807) is 18.3 Å². The molecule has 2 rings (SSSR count). The first-order valence-corrected chi connectivity index (χ1v) is 5.90. The molecule has 4 N–H and O–H groups in total. The number of hydrogen-bond donors (Lipinski definition) is 2. The summed E-state index contributed by atoms with van der Waals surface area (Å²) >= 11 is 4.88. The largest absolute Gasteiger partial charge is 0.388 e. The van der Waals surface area contributed by atoms with E-state index in [0.29, 0.717) is 25.5 Å². The topological polar surface area (TPSA) is 94.5 Å². The van der Waals surface area contributed by atoms with Crippen LogP contribution in [0.3, 0.4) is 0 Å². The molecule has 1 saturated heterocycles. The average molecular weight is 266 g/mol. The molecule has 0 aromatic carbocycles. The number of nitrogens with zero attached hydrogens (tertiary/aromatic N) is 2. The van der Waals surface area contributed by atoms with Crippen molar-refractivity contribution in [3.8, 4) is 0 Å². The van der Waals surface area contributed by atoms with Crippen LogP contribution in [0.4, 0.5) is 5.69 Å². The SMILES string of the molecule is NC(=O)C1COCCN1c1ccnc(C(N)=S)c1. The number of carbonyl (C=O) groups excluding carboxylic acids is 1. The summed E-state index contributed by atoms with van der Waals surface area (Å²) in [7, 11) is 0. The summed E-state index contributed by atoms with van der Waals surface area (Å²) in [4.78, 5) is 17.6. The Morgan fingerprint density at radius 1 is 1.56 bits per heavy atom. The highest BCUT2D eigenvalue weighted by molar-refractivity contribution is 7.80. The fraction of sp³-hybridized carbons (Fsp3) is 0.364. The number of rotatable bonds is 3. The molecule has 96 valence electrons. The first-order chi connectivity index (χ1) is 8.59. The molecule has 7 heteroatoms. The third-order valence-corrected chi connectivity index (χ3v) is 2.99. The number of morpholine rings is 1. The summed E-state index contributed by atoms with van der Waals surface area (Å²) in [6.07, 6.45) is 1.61. The summed E-state index contributed by atoms with van der Waals surface area (Å²) in [5.41, 5.74) is 12.3. The lowest BCUT2D eigenvalue weighted by molar-refractivity contribution is -0.121. The lowest BCUT2D eigenvalue weighted by Crippen LogP contribution is -2.52. The summed E-state index contributed by atoms with van der Waals surface area (Å²) in [6, 6.07) is 3.08. The fourth-order valence-corrected chi connectivity index (χ4v) is 1.99. The van der Waals surface area contributed by atoms with Crippen LogP contribution in [0.1, 0.15) is 5.69 Å². The number of ether oxygens (including phenoxy) is 1. The Morgan fingerprint density at radius 2 is 2.33 bits per heavy atom. The van der Waals surface area contributed by atoms with Crippen LogP contribution in [0.5, 0.6) is 0 Å². The van der Waals surface area contributed by atoms with Crippen LogP contribution in [0.2, 0.25) is 0 Å². The van der Waals surface area contributed by atoms with Gasteiger partial charge in [0.2, 0.25) is 5.91 Å². The highest BCUT2D eigenvalue weighted by atomic mass is 32.1. The smallest absolute Gasteiger partial charge is 0.242 e. The van der Waals surface area contributed by atoms with Gasteiger partial charge in [-0.2, -0.15) is 0 Å². The second-order valence-electron chi connectivity index (χ2n) is 3.95. The van der Waals surface area contributed by atoms with Crippen molar-refractivity contribution in [3.63, 3.8) is 0 Å². The number of amides is 1. The molecule has 0 saturated carbocycles. The van der Waals surface area contributed by atoms with Crippen LogP contribution in [0.25, 0.3) is 0 Å². The molecule has 1 atom stereocenters. The standard InChI is InChI=1S/C11H14N4O2S/c12-10(16)9-6-17-4-3-15(9)7-1-2-14-8(5-7)11(13)18/h1-2,5,9H,3-4,6H2,(H2,12,16)(H2,13,18). The van der Waals surface area contributed by atoms with Gasteiger partial charge in [-0.05, 0) is 12.1 Å². The molecule has 1 aliphatic rings. The van der Waals surface area contributed by atoms with Crippen molar-refractivity contribution in [1.82, 2.24) is 4.98 Å². The lowest BCUT2D eigenvalue weighted by atomic mass is 10.2. The van der Waals surface area contributed by atoms with Crippen LogP contribution in [-0.4, -0.2) is 41.7 Å². The molecule has 1 aromatic heterocycles. The fourth-order valence-electron chi connectivity index (χ4n) is 1.88. The number of pyridine rings is 1. The summed E-state index contributed by atoms with van der Waals surface area (Å²) in [6.45, 7) is 1.43. The van der Waals surface area contributed by atoms with Gasteiger partial charge in [0.1, 0.15) is 11.0 Å². The van der Waals surface area contributed by atoms with E-state index in [0.717, 1.165) is 5.69 Å². The number of carbonyl (C=O) groups is 1. The molecule has 6 nitrogen and oxygen atoms in total. The number of aromatic nitrogens is 1. The predicted molar refractivity (Wildman–Crippen MR) is 71.3 cm³/mol. The van der Waals surface area contributed by atoms with Gasteiger partial charge in [-0.1, -0.05) is 12.2 Å². The van der Waals surface area contributed by atoms with Crippen LogP contribution >= 0.6 is 12.2 Å². The van der Waals surface area contributed by atoms with Crippen molar-refractivity contribution in [1.29, 1.82) is 0 Å². The molecule has 0 bridgehead atoms. The predicted octanol–water partition coefficient (Wildman–Crippen LogP) is -0.594. The maximum absolute atomic E-state index is 11.4. The highest BCUT2D eigenvalue weighted by Gasteiger charge is 2.28. The first-order valence-electron chi connectivity index (χ1n) is 5.49. The summed E-state index contributed by atoms with van der Waals surface area (Å²) < 4.78 is 5.26. The van der Waals surface area contributed by atoms with Gasteiger partial charge in [-0.25, -0.2) is 0 Å². The minimum absolute atomic E-state index is 0.223. The van der Waals surface area contributed by atoms with Crippen LogP contribution in [-0.2, 0) is 9.53 Å². The van der Waals surface area contributed by atoms with Gasteiger partial charge in [0.25, 0.3) is 0 Å². The van der Waals surface area contributed by atoms with Crippen LogP contribution < -0.4 is 16.4 Å².